The van der Waals surface area contributed by atoms with E-state index in [-0.39, 0.29) is 18.7 Å². The highest BCUT2D eigenvalue weighted by atomic mass is 19.1. The molecular weight excluding hydrogens is 474 g/mol. The van der Waals surface area contributed by atoms with Crippen LogP contribution in [-0.2, 0) is 11.3 Å². The van der Waals surface area contributed by atoms with Crippen molar-refractivity contribution in [3.05, 3.63) is 66.0 Å². The van der Waals surface area contributed by atoms with Gasteiger partial charge in [0.1, 0.15) is 29.8 Å². The molecule has 1 aromatic carbocycles. The van der Waals surface area contributed by atoms with E-state index in [9.17, 15) is 13.6 Å². The molecule has 9 heteroatoms. The topological polar surface area (TPSA) is 82.8 Å². The highest BCUT2D eigenvalue weighted by Gasteiger charge is 2.07. The largest absolute Gasteiger partial charge is 0.350 e. The smallest absolute Gasteiger partial charge is 0.242 e. The van der Waals surface area contributed by atoms with Crippen molar-refractivity contribution in [3.63, 3.8) is 0 Å². The van der Waals surface area contributed by atoms with Gasteiger partial charge in [-0.05, 0) is 30.8 Å². The third kappa shape index (κ3) is 12.7. The minimum absolute atomic E-state index is 0.0604. The Morgan fingerprint density at radius 2 is 1.86 bits per heavy atom. The van der Waals surface area contributed by atoms with Crippen LogP contribution in [0.4, 0.5) is 8.78 Å². The number of aromatic nitrogens is 1. The van der Waals surface area contributed by atoms with Gasteiger partial charge in [0.15, 0.2) is 0 Å². The molecule has 0 unspecified atom stereocenters. The number of terminal acetylenes is 1. The molecule has 1 saturated carbocycles. The van der Waals surface area contributed by atoms with E-state index in [0.29, 0.717) is 18.2 Å². The van der Waals surface area contributed by atoms with Gasteiger partial charge in [-0.1, -0.05) is 52.0 Å². The average molecular weight is 513 g/mol. The molecule has 1 heterocycles. The number of amides is 1. The third-order valence-electron chi connectivity index (χ3n) is 5.47. The number of aliphatic imine (C=N–C) groups is 2. The fourth-order valence-corrected chi connectivity index (χ4v) is 3.49. The van der Waals surface area contributed by atoms with Crippen LogP contribution in [0.15, 0.2) is 58.8 Å². The van der Waals surface area contributed by atoms with Crippen molar-refractivity contribution in [2.75, 3.05) is 13.1 Å². The first kappa shape index (κ1) is 31.3. The molecule has 3 N–H and O–H groups in total. The van der Waals surface area contributed by atoms with Crippen LogP contribution >= 0.6 is 0 Å². The molecule has 2 aromatic rings. The lowest BCUT2D eigenvalue weighted by molar-refractivity contribution is -0.119. The van der Waals surface area contributed by atoms with Crippen molar-refractivity contribution in [2.24, 2.45) is 15.9 Å². The van der Waals surface area contributed by atoms with Gasteiger partial charge in [0.2, 0.25) is 5.91 Å². The first-order valence-electron chi connectivity index (χ1n) is 12.3. The van der Waals surface area contributed by atoms with Crippen molar-refractivity contribution >= 4 is 24.3 Å². The van der Waals surface area contributed by atoms with Gasteiger partial charge in [-0.15, -0.1) is 12.8 Å². The summed E-state index contributed by atoms with van der Waals surface area (Å²) in [6, 6.07) is 6.88. The Morgan fingerprint density at radius 3 is 2.41 bits per heavy atom. The Labute approximate surface area is 219 Å². The molecule has 0 aliphatic heterocycles. The predicted octanol–water partition coefficient (Wildman–Crippen LogP) is 4.93. The number of hydrogen-bond donors (Lipinski definition) is 3. The summed E-state index contributed by atoms with van der Waals surface area (Å²) < 4.78 is 28.3. The molecule has 0 spiro atoms. The van der Waals surface area contributed by atoms with Crippen LogP contribution in [0.1, 0.15) is 51.5 Å². The van der Waals surface area contributed by atoms with Crippen LogP contribution in [0.3, 0.4) is 0 Å². The Hall–Kier alpha value is -3.77. The lowest BCUT2D eigenvalue weighted by atomic mass is 9.91. The molecule has 0 radical (unpaired) electrons. The van der Waals surface area contributed by atoms with Crippen molar-refractivity contribution in [1.29, 1.82) is 0 Å². The Kier molecular flexibility index (Phi) is 15.6. The molecule has 3 rings (SSSR count). The maximum atomic E-state index is 13.6. The summed E-state index contributed by atoms with van der Waals surface area (Å²) in [6.07, 6.45) is 20.7. The van der Waals surface area contributed by atoms with Crippen LogP contribution in [0, 0.1) is 30.4 Å². The van der Waals surface area contributed by atoms with Gasteiger partial charge < -0.3 is 15.3 Å². The number of carbonyl (C=O) groups is 1. The number of halogens is 2. The summed E-state index contributed by atoms with van der Waals surface area (Å²) in [5.74, 6) is 0.131. The van der Waals surface area contributed by atoms with E-state index < -0.39 is 17.5 Å². The molecular formula is C28H38F2N6O. The summed E-state index contributed by atoms with van der Waals surface area (Å²) in [6.45, 7) is 8.18. The van der Waals surface area contributed by atoms with Gasteiger partial charge in [0.05, 0.1) is 0 Å². The minimum atomic E-state index is -0.713. The number of rotatable bonds is 9. The molecule has 1 fully saturated rings. The summed E-state index contributed by atoms with van der Waals surface area (Å²) in [7, 11) is 0. The zero-order valence-electron chi connectivity index (χ0n) is 21.7. The zero-order valence-corrected chi connectivity index (χ0v) is 21.7. The van der Waals surface area contributed by atoms with Gasteiger partial charge in [-0.25, -0.2) is 19.2 Å². The van der Waals surface area contributed by atoms with Crippen LogP contribution < -0.4 is 16.2 Å². The first-order valence-corrected chi connectivity index (χ1v) is 12.3. The molecule has 7 nitrogen and oxygen atoms in total. The van der Waals surface area contributed by atoms with Gasteiger partial charge in [0, 0.05) is 43.2 Å². The van der Waals surface area contributed by atoms with Gasteiger partial charge in [0.25, 0.3) is 0 Å². The number of carbonyl (C=O) groups excluding carboxylic acids is 1. The fourth-order valence-electron chi connectivity index (χ4n) is 3.49. The average Bonchev–Trinajstić information content (AvgIpc) is 3.45. The Bertz CT molecular complexity index is 1020. The van der Waals surface area contributed by atoms with Gasteiger partial charge >= 0.3 is 0 Å². The van der Waals surface area contributed by atoms with E-state index >= 15 is 0 Å². The summed E-state index contributed by atoms with van der Waals surface area (Å²) in [4.78, 5) is 20.2. The summed E-state index contributed by atoms with van der Waals surface area (Å²) >= 11 is 0. The van der Waals surface area contributed by atoms with E-state index in [2.05, 4.69) is 52.6 Å². The molecule has 37 heavy (non-hydrogen) atoms. The normalized spacial score (nSPS) is 13.9. The maximum Gasteiger partial charge on any atom is 0.242 e. The highest BCUT2D eigenvalue weighted by Crippen LogP contribution is 2.22. The molecule has 1 amide bonds. The SMILES string of the molecule is C#C.C=N/C(=C\C(=NCC(=O)NCc1ccc(F)cc1F)NNCC)n1cccc1.CC1CCCCC1. The van der Waals surface area contributed by atoms with Crippen LogP contribution in [0.5, 0.6) is 0 Å². The number of amidine groups is 1. The van der Waals surface area contributed by atoms with Gasteiger partial charge in [-0.2, -0.15) is 0 Å². The number of hydrogen-bond acceptors (Lipinski definition) is 4. The predicted molar refractivity (Wildman–Crippen MR) is 148 cm³/mol. The molecule has 1 aliphatic carbocycles. The molecule has 0 saturated heterocycles. The van der Waals surface area contributed by atoms with Crippen LogP contribution in [-0.4, -0.2) is 36.1 Å². The molecule has 1 aliphatic rings. The summed E-state index contributed by atoms with van der Waals surface area (Å²) in [5, 5.41) is 2.55. The maximum absolute atomic E-state index is 13.6. The van der Waals surface area contributed by atoms with E-state index in [0.717, 1.165) is 18.1 Å². The van der Waals surface area contributed by atoms with Crippen molar-refractivity contribution in [1.82, 2.24) is 20.7 Å². The molecule has 1 aromatic heterocycles. The van der Waals surface area contributed by atoms with Crippen LogP contribution in [0.25, 0.3) is 5.82 Å². The minimum Gasteiger partial charge on any atom is -0.350 e. The standard InChI is InChI=1S/C19H22F2N6O.C7H14.C2H2/c1-3-25-26-17(11-18(22-2)27-8-4-5-9-27)23-13-19(28)24-12-14-6-7-15(20)10-16(14)21;1-7-5-3-2-4-6-7;1-2/h4-11,25H,2-3,12-13H2,1H3,(H,23,26)(H,24,28);7H,2-6H2,1H3;1-2H/b18-11+;;. The van der Waals surface area contributed by atoms with E-state index in [1.54, 1.807) is 23.0 Å². The van der Waals surface area contributed by atoms with E-state index in [1.165, 1.54) is 38.2 Å². The molecule has 200 valence electrons. The van der Waals surface area contributed by atoms with E-state index in [4.69, 9.17) is 0 Å². The second kappa shape index (κ2) is 18.5. The van der Waals surface area contributed by atoms with Crippen LogP contribution in [0.2, 0.25) is 0 Å². The second-order valence-corrected chi connectivity index (χ2v) is 8.36. The number of nitrogens with one attached hydrogen (secondary N) is 3. The Morgan fingerprint density at radius 1 is 1.19 bits per heavy atom. The second-order valence-electron chi connectivity index (χ2n) is 8.36. The zero-order chi connectivity index (χ0) is 27.5. The first-order chi connectivity index (χ1) is 17.9. The number of hydrazine groups is 1. The van der Waals surface area contributed by atoms with Crippen molar-refractivity contribution in [2.45, 2.75) is 52.5 Å². The molecule has 0 atom stereocenters. The quantitative estimate of drug-likeness (QED) is 0.193. The van der Waals surface area contributed by atoms with Crippen molar-refractivity contribution in [3.8, 4) is 12.8 Å². The number of nitrogens with zero attached hydrogens (tertiary/aromatic N) is 3. The monoisotopic (exact) mass is 512 g/mol. The molecule has 0 bridgehead atoms. The lowest BCUT2D eigenvalue weighted by Gasteiger charge is -2.15. The Balaban J connectivity index is 0.000000645. The number of benzene rings is 1. The lowest BCUT2D eigenvalue weighted by Crippen LogP contribution is -2.37. The fraction of sp³-hybridized carbons (Fsp3) is 0.393. The highest BCUT2D eigenvalue weighted by molar-refractivity contribution is 5.98. The third-order valence-corrected chi connectivity index (χ3v) is 5.47. The van der Waals surface area contributed by atoms with E-state index in [1.807, 2.05) is 19.1 Å². The van der Waals surface area contributed by atoms with Gasteiger partial charge in [-0.3, -0.25) is 9.79 Å². The van der Waals surface area contributed by atoms with Crippen molar-refractivity contribution < 1.29 is 13.6 Å². The summed E-state index contributed by atoms with van der Waals surface area (Å²) in [5.41, 5.74) is 5.98.